The number of alkyl halides is 2. The van der Waals surface area contributed by atoms with Crippen LogP contribution >= 0.6 is 11.8 Å². The molecule has 1 aromatic rings. The number of nitrogens with zero attached hydrogens (tertiary/aromatic N) is 1. The van der Waals surface area contributed by atoms with E-state index < -0.39 is 11.3 Å². The normalized spacial score (nSPS) is 10.2. The molecule has 0 aliphatic heterocycles. The van der Waals surface area contributed by atoms with E-state index in [1.54, 1.807) is 0 Å². The second-order valence-corrected chi connectivity index (χ2v) is 4.62. The maximum atomic E-state index is 12.8. The first-order valence-corrected chi connectivity index (χ1v) is 6.53. The van der Waals surface area contributed by atoms with Gasteiger partial charge in [-0.2, -0.15) is 0 Å². The Morgan fingerprint density at radius 1 is 1.53 bits per heavy atom. The van der Waals surface area contributed by atoms with E-state index in [-0.39, 0.29) is 16.9 Å². The first kappa shape index (κ1) is 15.2. The van der Waals surface area contributed by atoms with Crippen molar-refractivity contribution in [3.8, 4) is 12.3 Å². The first-order chi connectivity index (χ1) is 9.06. The molecule has 1 aromatic carbocycles. The van der Waals surface area contributed by atoms with E-state index in [4.69, 9.17) is 6.42 Å². The average molecular weight is 286 g/mol. The maximum Gasteiger partial charge on any atom is 0.270 e. The molecular formula is C12H12F2N2O2S. The van der Waals surface area contributed by atoms with Crippen molar-refractivity contribution in [1.29, 1.82) is 0 Å². The van der Waals surface area contributed by atoms with Crippen molar-refractivity contribution in [2.24, 2.45) is 0 Å². The third-order valence-electron chi connectivity index (χ3n) is 2.23. The Hall–Kier alpha value is -1.81. The monoisotopic (exact) mass is 286 g/mol. The Morgan fingerprint density at radius 3 is 2.84 bits per heavy atom. The van der Waals surface area contributed by atoms with Gasteiger partial charge in [-0.05, 0) is 6.07 Å². The standard InChI is InChI=1S/C12H12F2N2O2S/c1-2-6-19-7-5-15-11-4-3-9(16(17)18)8-10(11)12(13)14/h1,3-4,8,12,15H,5-7H2. The van der Waals surface area contributed by atoms with E-state index in [0.717, 1.165) is 6.07 Å². The van der Waals surface area contributed by atoms with Gasteiger partial charge in [-0.15, -0.1) is 18.2 Å². The van der Waals surface area contributed by atoms with Gasteiger partial charge in [0.25, 0.3) is 12.1 Å². The minimum absolute atomic E-state index is 0.210. The van der Waals surface area contributed by atoms with Gasteiger partial charge in [-0.1, -0.05) is 5.92 Å². The number of halogens is 2. The molecule has 0 spiro atoms. The largest absolute Gasteiger partial charge is 0.384 e. The average Bonchev–Trinajstić information content (AvgIpc) is 2.38. The Balaban J connectivity index is 2.72. The van der Waals surface area contributed by atoms with Crippen LogP contribution in [0.3, 0.4) is 0 Å². The summed E-state index contributed by atoms with van der Waals surface area (Å²) in [6.07, 6.45) is 2.31. The zero-order chi connectivity index (χ0) is 14.3. The van der Waals surface area contributed by atoms with Gasteiger partial charge >= 0.3 is 0 Å². The molecule has 0 aromatic heterocycles. The summed E-state index contributed by atoms with van der Waals surface area (Å²) in [6.45, 7) is 0.462. The molecule has 0 amide bonds. The topological polar surface area (TPSA) is 55.2 Å². The first-order valence-electron chi connectivity index (χ1n) is 5.38. The molecule has 0 atom stereocenters. The zero-order valence-electron chi connectivity index (χ0n) is 9.94. The predicted molar refractivity (Wildman–Crippen MR) is 72.7 cm³/mol. The molecule has 0 aliphatic rings. The van der Waals surface area contributed by atoms with Crippen LogP contribution in [0.2, 0.25) is 0 Å². The number of hydrogen-bond acceptors (Lipinski definition) is 4. The quantitative estimate of drug-likeness (QED) is 0.361. The molecule has 4 nitrogen and oxygen atoms in total. The summed E-state index contributed by atoms with van der Waals surface area (Å²) in [4.78, 5) is 9.84. The molecule has 0 unspecified atom stereocenters. The number of terminal acetylenes is 1. The Morgan fingerprint density at radius 2 is 2.26 bits per heavy atom. The minimum Gasteiger partial charge on any atom is -0.384 e. The van der Waals surface area contributed by atoms with Crippen LogP contribution in [0.4, 0.5) is 20.2 Å². The second kappa shape index (κ2) is 7.59. The van der Waals surface area contributed by atoms with Crippen molar-refractivity contribution < 1.29 is 13.7 Å². The van der Waals surface area contributed by atoms with E-state index in [2.05, 4.69) is 11.2 Å². The van der Waals surface area contributed by atoms with E-state index in [1.165, 1.54) is 23.9 Å². The van der Waals surface area contributed by atoms with Crippen molar-refractivity contribution in [2.75, 3.05) is 23.4 Å². The molecule has 0 aliphatic carbocycles. The van der Waals surface area contributed by atoms with Crippen LogP contribution in [0.15, 0.2) is 18.2 Å². The Labute approximate surface area is 113 Å². The number of thioether (sulfide) groups is 1. The summed E-state index contributed by atoms with van der Waals surface area (Å²) in [5.74, 6) is 3.69. The fourth-order valence-electron chi connectivity index (χ4n) is 1.39. The lowest BCUT2D eigenvalue weighted by molar-refractivity contribution is -0.385. The van der Waals surface area contributed by atoms with Crippen molar-refractivity contribution >= 4 is 23.1 Å². The molecule has 1 rings (SSSR count). The number of benzene rings is 1. The SMILES string of the molecule is C#CCSCCNc1ccc([N+](=O)[O-])cc1C(F)F. The summed E-state index contributed by atoms with van der Waals surface area (Å²) >= 11 is 1.50. The molecule has 7 heteroatoms. The summed E-state index contributed by atoms with van der Waals surface area (Å²) in [6, 6.07) is 3.38. The number of anilines is 1. The summed E-state index contributed by atoms with van der Waals surface area (Å²) in [5, 5.41) is 13.4. The Bertz CT molecular complexity index is 489. The number of non-ortho nitro benzene ring substituents is 1. The van der Waals surface area contributed by atoms with Crippen molar-refractivity contribution in [2.45, 2.75) is 6.43 Å². The van der Waals surface area contributed by atoms with E-state index in [9.17, 15) is 18.9 Å². The van der Waals surface area contributed by atoms with Gasteiger partial charge in [0.05, 0.1) is 10.7 Å². The van der Waals surface area contributed by atoms with Crippen LogP contribution in [0, 0.1) is 22.5 Å². The third kappa shape index (κ3) is 4.75. The van der Waals surface area contributed by atoms with Gasteiger partial charge in [-0.3, -0.25) is 10.1 Å². The van der Waals surface area contributed by atoms with Crippen molar-refractivity contribution in [3.05, 3.63) is 33.9 Å². The van der Waals surface area contributed by atoms with E-state index >= 15 is 0 Å². The van der Waals surface area contributed by atoms with Crippen molar-refractivity contribution in [1.82, 2.24) is 0 Å². The fourth-order valence-corrected chi connectivity index (χ4v) is 1.90. The lowest BCUT2D eigenvalue weighted by atomic mass is 10.1. The molecule has 19 heavy (non-hydrogen) atoms. The van der Waals surface area contributed by atoms with Gasteiger partial charge in [0, 0.05) is 35.7 Å². The van der Waals surface area contributed by atoms with Crippen molar-refractivity contribution in [3.63, 3.8) is 0 Å². The van der Waals surface area contributed by atoms with Gasteiger partial charge in [-0.25, -0.2) is 8.78 Å². The molecule has 0 saturated heterocycles. The van der Waals surface area contributed by atoms with Gasteiger partial charge < -0.3 is 5.32 Å². The molecule has 0 fully saturated rings. The van der Waals surface area contributed by atoms with Crippen LogP contribution in [-0.2, 0) is 0 Å². The molecular weight excluding hydrogens is 274 g/mol. The molecule has 0 radical (unpaired) electrons. The third-order valence-corrected chi connectivity index (χ3v) is 3.09. The van der Waals surface area contributed by atoms with E-state index in [1.807, 2.05) is 0 Å². The number of nitrogens with one attached hydrogen (secondary N) is 1. The lowest BCUT2D eigenvalue weighted by Crippen LogP contribution is -2.07. The number of nitro benzene ring substituents is 1. The van der Waals surface area contributed by atoms with Crippen LogP contribution in [0.25, 0.3) is 0 Å². The van der Waals surface area contributed by atoms with Gasteiger partial charge in [0.2, 0.25) is 0 Å². The number of nitro groups is 1. The lowest BCUT2D eigenvalue weighted by Gasteiger charge is -2.11. The molecule has 0 heterocycles. The number of rotatable bonds is 7. The van der Waals surface area contributed by atoms with Crippen LogP contribution in [0.1, 0.15) is 12.0 Å². The molecule has 0 bridgehead atoms. The highest BCUT2D eigenvalue weighted by Crippen LogP contribution is 2.30. The summed E-state index contributed by atoms with van der Waals surface area (Å²) in [5.41, 5.74) is -0.499. The number of hydrogen-bond donors (Lipinski definition) is 1. The molecule has 102 valence electrons. The predicted octanol–water partition coefficient (Wildman–Crippen LogP) is 3.31. The fraction of sp³-hybridized carbons (Fsp3) is 0.333. The highest BCUT2D eigenvalue weighted by Gasteiger charge is 2.17. The van der Waals surface area contributed by atoms with Crippen LogP contribution < -0.4 is 5.32 Å². The van der Waals surface area contributed by atoms with Gasteiger partial charge in [0.1, 0.15) is 0 Å². The van der Waals surface area contributed by atoms with Gasteiger partial charge in [0.15, 0.2) is 0 Å². The Kier molecular flexibility index (Phi) is 6.09. The molecule has 1 N–H and O–H groups in total. The summed E-state index contributed by atoms with van der Waals surface area (Å²) < 4.78 is 25.6. The highest BCUT2D eigenvalue weighted by atomic mass is 32.2. The second-order valence-electron chi connectivity index (χ2n) is 3.51. The van der Waals surface area contributed by atoms with Crippen LogP contribution in [0.5, 0.6) is 0 Å². The van der Waals surface area contributed by atoms with Crippen LogP contribution in [-0.4, -0.2) is 23.0 Å². The smallest absolute Gasteiger partial charge is 0.270 e. The highest BCUT2D eigenvalue weighted by molar-refractivity contribution is 7.99. The maximum absolute atomic E-state index is 12.8. The molecule has 0 saturated carbocycles. The minimum atomic E-state index is -2.76. The summed E-state index contributed by atoms with van der Waals surface area (Å²) in [7, 11) is 0. The zero-order valence-corrected chi connectivity index (χ0v) is 10.8. The van der Waals surface area contributed by atoms with E-state index in [0.29, 0.717) is 18.1 Å².